The van der Waals surface area contributed by atoms with E-state index in [0.717, 1.165) is 0 Å². The molecule has 20 heavy (non-hydrogen) atoms. The van der Waals surface area contributed by atoms with Crippen LogP contribution in [0.2, 0.25) is 5.02 Å². The summed E-state index contributed by atoms with van der Waals surface area (Å²) in [6.07, 6.45) is 0. The summed E-state index contributed by atoms with van der Waals surface area (Å²) in [6, 6.07) is 4.94. The molecule has 0 spiro atoms. The third-order valence-electron chi connectivity index (χ3n) is 2.20. The minimum absolute atomic E-state index is 0.0200. The third kappa shape index (κ3) is 6.30. The molecule has 6 heteroatoms. The maximum absolute atomic E-state index is 11.9. The monoisotopic (exact) mass is 314 g/mol. The Kier molecular flexibility index (Phi) is 5.89. The van der Waals surface area contributed by atoms with Crippen LogP contribution in [0.5, 0.6) is 0 Å². The lowest BCUT2D eigenvalue weighted by molar-refractivity contribution is -0.115. The van der Waals surface area contributed by atoms with Crippen LogP contribution in [0.25, 0.3) is 0 Å². The van der Waals surface area contributed by atoms with Crippen molar-refractivity contribution < 1.29 is 9.59 Å². The first kappa shape index (κ1) is 16.9. The van der Waals surface area contributed by atoms with E-state index in [1.165, 1.54) is 6.92 Å². The molecule has 0 bridgehead atoms. The molecule has 0 radical (unpaired) electrons. The second kappa shape index (κ2) is 6.99. The van der Waals surface area contributed by atoms with Crippen LogP contribution in [0.3, 0.4) is 0 Å². The number of carbonyl (C=O) groups excluding carboxylic acids is 2. The average Bonchev–Trinajstić information content (AvgIpc) is 2.29. The Labute approximate surface area is 128 Å². The van der Waals surface area contributed by atoms with E-state index in [1.807, 2.05) is 20.8 Å². The molecular weight excluding hydrogens is 296 g/mol. The first-order chi connectivity index (χ1) is 9.17. The molecule has 0 heterocycles. The van der Waals surface area contributed by atoms with Crippen molar-refractivity contribution in [2.24, 2.45) is 0 Å². The second-order valence-corrected chi connectivity index (χ2v) is 7.56. The van der Waals surface area contributed by atoms with Crippen molar-refractivity contribution >= 4 is 46.6 Å². The number of carbonyl (C=O) groups is 2. The van der Waals surface area contributed by atoms with E-state index in [0.29, 0.717) is 22.2 Å². The normalized spacial score (nSPS) is 11.1. The van der Waals surface area contributed by atoms with Crippen LogP contribution in [-0.2, 0) is 9.59 Å². The van der Waals surface area contributed by atoms with E-state index in [2.05, 4.69) is 10.6 Å². The van der Waals surface area contributed by atoms with Gasteiger partial charge in [0.05, 0.1) is 17.1 Å². The zero-order valence-electron chi connectivity index (χ0n) is 12.0. The van der Waals surface area contributed by atoms with Gasteiger partial charge < -0.3 is 10.6 Å². The molecule has 110 valence electrons. The number of amides is 2. The molecule has 0 fully saturated rings. The van der Waals surface area contributed by atoms with Gasteiger partial charge in [-0.05, 0) is 18.2 Å². The highest BCUT2D eigenvalue weighted by atomic mass is 35.5. The van der Waals surface area contributed by atoms with Gasteiger partial charge in [-0.2, -0.15) is 0 Å². The zero-order valence-corrected chi connectivity index (χ0v) is 13.6. The van der Waals surface area contributed by atoms with Crippen molar-refractivity contribution in [3.63, 3.8) is 0 Å². The Hall–Kier alpha value is -1.20. The molecule has 2 amide bonds. The van der Waals surface area contributed by atoms with Crippen LogP contribution in [0.4, 0.5) is 11.4 Å². The van der Waals surface area contributed by atoms with Gasteiger partial charge >= 0.3 is 0 Å². The van der Waals surface area contributed by atoms with E-state index in [9.17, 15) is 9.59 Å². The van der Waals surface area contributed by atoms with Gasteiger partial charge in [-0.3, -0.25) is 9.59 Å². The molecule has 1 aromatic rings. The van der Waals surface area contributed by atoms with Crippen LogP contribution in [0.15, 0.2) is 18.2 Å². The molecule has 0 unspecified atom stereocenters. The van der Waals surface area contributed by atoms with Crippen molar-refractivity contribution in [3.8, 4) is 0 Å². The minimum Gasteiger partial charge on any atom is -0.325 e. The number of hydrogen-bond acceptors (Lipinski definition) is 3. The van der Waals surface area contributed by atoms with Gasteiger partial charge in [0.25, 0.3) is 0 Å². The number of thioether (sulfide) groups is 1. The van der Waals surface area contributed by atoms with E-state index >= 15 is 0 Å². The van der Waals surface area contributed by atoms with Gasteiger partial charge in [0.2, 0.25) is 11.8 Å². The SMILES string of the molecule is CC(=O)Nc1ccc(Cl)cc1NC(=O)CSC(C)(C)C. The molecule has 1 aromatic carbocycles. The van der Waals surface area contributed by atoms with Crippen molar-refractivity contribution in [1.29, 1.82) is 0 Å². The third-order valence-corrected chi connectivity index (χ3v) is 3.71. The molecule has 0 aromatic heterocycles. The van der Waals surface area contributed by atoms with Gasteiger partial charge in [-0.1, -0.05) is 32.4 Å². The van der Waals surface area contributed by atoms with Crippen LogP contribution in [-0.4, -0.2) is 22.3 Å². The summed E-state index contributed by atoms with van der Waals surface area (Å²) in [6.45, 7) is 7.56. The standard InChI is InChI=1S/C14H19ClN2O2S/c1-9(18)16-11-6-5-10(15)7-12(11)17-13(19)8-20-14(2,3)4/h5-7H,8H2,1-4H3,(H,16,18)(H,17,19). The lowest BCUT2D eigenvalue weighted by Gasteiger charge is -2.17. The number of halogens is 1. The highest BCUT2D eigenvalue weighted by Crippen LogP contribution is 2.27. The zero-order chi connectivity index (χ0) is 15.3. The molecule has 0 saturated heterocycles. The first-order valence-electron chi connectivity index (χ1n) is 6.18. The van der Waals surface area contributed by atoms with Crippen molar-refractivity contribution in [2.45, 2.75) is 32.4 Å². The fourth-order valence-corrected chi connectivity index (χ4v) is 2.20. The molecule has 0 aliphatic carbocycles. The predicted octanol–water partition coefficient (Wildman–Crippen LogP) is 3.77. The number of rotatable bonds is 4. The summed E-state index contributed by atoms with van der Waals surface area (Å²) in [5, 5.41) is 5.93. The van der Waals surface area contributed by atoms with Crippen molar-refractivity contribution in [2.75, 3.05) is 16.4 Å². The Balaban J connectivity index is 2.77. The summed E-state index contributed by atoms with van der Waals surface area (Å²) >= 11 is 7.47. The average molecular weight is 315 g/mol. The van der Waals surface area contributed by atoms with Gasteiger partial charge in [-0.15, -0.1) is 11.8 Å². The fourth-order valence-electron chi connectivity index (χ4n) is 1.39. The quantitative estimate of drug-likeness (QED) is 0.889. The topological polar surface area (TPSA) is 58.2 Å². The van der Waals surface area contributed by atoms with Crippen LogP contribution < -0.4 is 10.6 Å². The Morgan fingerprint density at radius 3 is 2.40 bits per heavy atom. The highest BCUT2D eigenvalue weighted by Gasteiger charge is 2.14. The molecule has 0 saturated carbocycles. The largest absolute Gasteiger partial charge is 0.325 e. The summed E-state index contributed by atoms with van der Waals surface area (Å²) in [5.41, 5.74) is 1.04. The molecule has 1 rings (SSSR count). The van der Waals surface area contributed by atoms with Gasteiger partial charge in [-0.25, -0.2) is 0 Å². The summed E-state index contributed by atoms with van der Waals surface area (Å²) < 4.78 is 0.0200. The van der Waals surface area contributed by atoms with Gasteiger partial charge in [0.1, 0.15) is 0 Å². The molecule has 0 aliphatic rings. The maximum Gasteiger partial charge on any atom is 0.234 e. The van der Waals surface area contributed by atoms with Gasteiger partial charge in [0, 0.05) is 16.7 Å². The Morgan fingerprint density at radius 2 is 1.85 bits per heavy atom. The Bertz CT molecular complexity index is 512. The molecule has 0 aliphatic heterocycles. The first-order valence-corrected chi connectivity index (χ1v) is 7.55. The number of hydrogen-bond donors (Lipinski definition) is 2. The van der Waals surface area contributed by atoms with Crippen molar-refractivity contribution in [3.05, 3.63) is 23.2 Å². The number of anilines is 2. The van der Waals surface area contributed by atoms with E-state index in [4.69, 9.17) is 11.6 Å². The molecule has 0 atom stereocenters. The smallest absolute Gasteiger partial charge is 0.234 e. The predicted molar refractivity (Wildman–Crippen MR) is 86.6 cm³/mol. The summed E-state index contributed by atoms with van der Waals surface area (Å²) in [5.74, 6) is 0.0147. The lowest BCUT2D eigenvalue weighted by Crippen LogP contribution is -2.20. The maximum atomic E-state index is 11.9. The van der Waals surface area contributed by atoms with Gasteiger partial charge in [0.15, 0.2) is 0 Å². The fraction of sp³-hybridized carbons (Fsp3) is 0.429. The lowest BCUT2D eigenvalue weighted by atomic mass is 10.2. The molecular formula is C14H19ClN2O2S. The van der Waals surface area contributed by atoms with E-state index in [1.54, 1.807) is 30.0 Å². The summed E-state index contributed by atoms with van der Waals surface area (Å²) in [4.78, 5) is 23.1. The summed E-state index contributed by atoms with van der Waals surface area (Å²) in [7, 11) is 0. The van der Waals surface area contributed by atoms with Crippen LogP contribution in [0, 0.1) is 0 Å². The van der Waals surface area contributed by atoms with Crippen molar-refractivity contribution in [1.82, 2.24) is 0 Å². The van der Waals surface area contributed by atoms with E-state index < -0.39 is 0 Å². The highest BCUT2D eigenvalue weighted by molar-refractivity contribution is 8.01. The van der Waals surface area contributed by atoms with Crippen LogP contribution in [0.1, 0.15) is 27.7 Å². The molecule has 2 N–H and O–H groups in total. The number of nitrogens with one attached hydrogen (secondary N) is 2. The second-order valence-electron chi connectivity index (χ2n) is 5.32. The number of benzene rings is 1. The van der Waals surface area contributed by atoms with E-state index in [-0.39, 0.29) is 16.6 Å². The minimum atomic E-state index is -0.202. The van der Waals surface area contributed by atoms with Crippen LogP contribution >= 0.6 is 23.4 Å². The Morgan fingerprint density at radius 1 is 1.20 bits per heavy atom. The molecule has 4 nitrogen and oxygen atoms in total.